The van der Waals surface area contributed by atoms with Crippen LogP contribution in [-0.2, 0) is 0 Å². The minimum atomic E-state index is -0.492. The lowest BCUT2D eigenvalue weighted by molar-refractivity contribution is 0.0916. The van der Waals surface area contributed by atoms with Crippen molar-refractivity contribution in [2.75, 3.05) is 17.7 Å². The molecule has 2 amide bonds. The Balaban J connectivity index is 1.68. The summed E-state index contributed by atoms with van der Waals surface area (Å²) in [5, 5.41) is 19.3. The fourth-order valence-electron chi connectivity index (χ4n) is 3.35. The molecule has 0 aliphatic rings. The summed E-state index contributed by atoms with van der Waals surface area (Å²) in [5.41, 5.74) is 7.99. The lowest BCUT2D eigenvalue weighted by Gasteiger charge is -2.11. The molecule has 0 saturated carbocycles. The van der Waals surface area contributed by atoms with Crippen LogP contribution in [0.2, 0.25) is 5.02 Å². The molecule has 10 heteroatoms. The van der Waals surface area contributed by atoms with E-state index >= 15 is 0 Å². The highest BCUT2D eigenvalue weighted by Gasteiger charge is 2.20. The van der Waals surface area contributed by atoms with Gasteiger partial charge in [0.25, 0.3) is 11.8 Å². The SMILES string of the molecule is C[C@H](CO)NC(=O)c1cc(NC(=O)c2cc(-c3cccc(N)n3)ccc2Cl)n(-c2ccccc2)n1. The van der Waals surface area contributed by atoms with E-state index in [0.29, 0.717) is 22.8 Å². The number of benzene rings is 2. The lowest BCUT2D eigenvalue weighted by Crippen LogP contribution is -2.35. The van der Waals surface area contributed by atoms with Crippen LogP contribution in [0, 0.1) is 0 Å². The number of pyridine rings is 1. The summed E-state index contributed by atoms with van der Waals surface area (Å²) in [4.78, 5) is 30.1. The van der Waals surface area contributed by atoms with Crippen molar-refractivity contribution in [3.05, 3.63) is 89.1 Å². The fourth-order valence-corrected chi connectivity index (χ4v) is 3.55. The van der Waals surface area contributed by atoms with Crippen LogP contribution in [0.15, 0.2) is 72.8 Å². The van der Waals surface area contributed by atoms with E-state index in [0.717, 1.165) is 0 Å². The number of para-hydroxylation sites is 1. The molecule has 0 fully saturated rings. The normalized spacial score (nSPS) is 11.6. The summed E-state index contributed by atoms with van der Waals surface area (Å²) in [6.45, 7) is 1.45. The first kappa shape index (κ1) is 23.9. The van der Waals surface area contributed by atoms with E-state index in [1.54, 1.807) is 55.5 Å². The predicted molar refractivity (Wildman–Crippen MR) is 135 cm³/mol. The zero-order chi connectivity index (χ0) is 24.9. The van der Waals surface area contributed by atoms with E-state index in [1.807, 2.05) is 18.2 Å². The molecule has 4 aromatic rings. The quantitative estimate of drug-likeness (QED) is 0.313. The standard InChI is InChI=1S/C25H23ClN6O3/c1-15(14-33)28-25(35)21-13-23(32(31-21)17-6-3-2-4-7-17)30-24(34)18-12-16(10-11-19(18)26)20-8-5-9-22(27)29-20/h2-13,15,33H,14H2,1H3,(H2,27,29)(H,28,35)(H,30,34)/t15-/m1/s1. The van der Waals surface area contributed by atoms with Gasteiger partial charge in [-0.25, -0.2) is 9.67 Å². The summed E-state index contributed by atoms with van der Waals surface area (Å²) in [5.74, 6) is -0.346. The van der Waals surface area contributed by atoms with Crippen LogP contribution in [0.1, 0.15) is 27.8 Å². The Hall–Kier alpha value is -4.21. The van der Waals surface area contributed by atoms with E-state index in [9.17, 15) is 14.7 Å². The van der Waals surface area contributed by atoms with Crippen LogP contribution in [0.4, 0.5) is 11.6 Å². The van der Waals surface area contributed by atoms with Gasteiger partial charge in [0.15, 0.2) is 5.69 Å². The Kier molecular flexibility index (Phi) is 7.09. The van der Waals surface area contributed by atoms with Crippen LogP contribution in [0.3, 0.4) is 0 Å². The molecule has 0 saturated heterocycles. The number of nitrogen functional groups attached to an aromatic ring is 1. The van der Waals surface area contributed by atoms with Crippen molar-refractivity contribution in [3.8, 4) is 16.9 Å². The average molecular weight is 491 g/mol. The van der Waals surface area contributed by atoms with Gasteiger partial charge in [-0.3, -0.25) is 9.59 Å². The third kappa shape index (κ3) is 5.48. The van der Waals surface area contributed by atoms with E-state index in [-0.39, 0.29) is 28.7 Å². The number of amides is 2. The van der Waals surface area contributed by atoms with Gasteiger partial charge < -0.3 is 21.5 Å². The molecule has 178 valence electrons. The maximum Gasteiger partial charge on any atom is 0.272 e. The Bertz CT molecular complexity index is 1370. The maximum atomic E-state index is 13.3. The van der Waals surface area contributed by atoms with Crippen LogP contribution < -0.4 is 16.4 Å². The Morgan fingerprint density at radius 1 is 1.06 bits per heavy atom. The molecular formula is C25H23ClN6O3. The van der Waals surface area contributed by atoms with Gasteiger partial charge in [-0.1, -0.05) is 41.9 Å². The zero-order valence-corrected chi connectivity index (χ0v) is 19.5. The second-order valence-corrected chi connectivity index (χ2v) is 8.22. The third-order valence-corrected chi connectivity index (χ3v) is 5.44. The molecule has 0 spiro atoms. The average Bonchev–Trinajstić information content (AvgIpc) is 3.28. The van der Waals surface area contributed by atoms with Gasteiger partial charge in [-0.15, -0.1) is 0 Å². The second-order valence-electron chi connectivity index (χ2n) is 7.82. The van der Waals surface area contributed by atoms with Crippen molar-refractivity contribution in [1.29, 1.82) is 0 Å². The minimum absolute atomic E-state index is 0.0771. The Morgan fingerprint density at radius 2 is 1.83 bits per heavy atom. The Morgan fingerprint density at radius 3 is 2.54 bits per heavy atom. The zero-order valence-electron chi connectivity index (χ0n) is 18.8. The molecule has 4 rings (SSSR count). The summed E-state index contributed by atoms with van der Waals surface area (Å²) in [6, 6.07) is 20.3. The first-order valence-corrected chi connectivity index (χ1v) is 11.1. The van der Waals surface area contributed by atoms with Crippen molar-refractivity contribution in [3.63, 3.8) is 0 Å². The largest absolute Gasteiger partial charge is 0.394 e. The number of anilines is 2. The van der Waals surface area contributed by atoms with E-state index in [1.165, 1.54) is 10.7 Å². The van der Waals surface area contributed by atoms with Crippen molar-refractivity contribution in [1.82, 2.24) is 20.1 Å². The number of halogens is 1. The van der Waals surface area contributed by atoms with Crippen molar-refractivity contribution in [2.24, 2.45) is 0 Å². The van der Waals surface area contributed by atoms with Crippen molar-refractivity contribution < 1.29 is 14.7 Å². The van der Waals surface area contributed by atoms with Crippen molar-refractivity contribution >= 4 is 35.1 Å². The molecule has 9 nitrogen and oxygen atoms in total. The topological polar surface area (TPSA) is 135 Å². The molecule has 0 unspecified atom stereocenters. The summed E-state index contributed by atoms with van der Waals surface area (Å²) in [7, 11) is 0. The first-order chi connectivity index (χ1) is 16.9. The van der Waals surface area contributed by atoms with Crippen LogP contribution in [0.5, 0.6) is 0 Å². The molecule has 1 atom stereocenters. The number of rotatable bonds is 7. The number of carbonyl (C=O) groups is 2. The monoisotopic (exact) mass is 490 g/mol. The molecule has 2 aromatic heterocycles. The number of nitrogens with two attached hydrogens (primary N) is 1. The summed E-state index contributed by atoms with van der Waals surface area (Å²) < 4.78 is 1.45. The van der Waals surface area contributed by atoms with Gasteiger partial charge >= 0.3 is 0 Å². The smallest absolute Gasteiger partial charge is 0.272 e. The Labute approximate surface area is 206 Å². The molecule has 2 aromatic carbocycles. The molecule has 0 aliphatic carbocycles. The number of carbonyl (C=O) groups excluding carboxylic acids is 2. The van der Waals surface area contributed by atoms with E-state index in [2.05, 4.69) is 20.7 Å². The van der Waals surface area contributed by atoms with Gasteiger partial charge in [0, 0.05) is 17.7 Å². The molecule has 5 N–H and O–H groups in total. The number of hydrogen-bond acceptors (Lipinski definition) is 6. The van der Waals surface area contributed by atoms with Crippen LogP contribution >= 0.6 is 11.6 Å². The van der Waals surface area contributed by atoms with Gasteiger partial charge in [-0.05, 0) is 43.3 Å². The van der Waals surface area contributed by atoms with Crippen molar-refractivity contribution in [2.45, 2.75) is 13.0 Å². The number of hydrogen-bond donors (Lipinski definition) is 4. The molecule has 35 heavy (non-hydrogen) atoms. The fraction of sp³-hybridized carbons (Fsp3) is 0.120. The maximum absolute atomic E-state index is 13.3. The predicted octanol–water partition coefficient (Wildman–Crippen LogP) is 3.53. The minimum Gasteiger partial charge on any atom is -0.394 e. The lowest BCUT2D eigenvalue weighted by atomic mass is 10.1. The number of nitrogens with one attached hydrogen (secondary N) is 2. The molecule has 2 heterocycles. The first-order valence-electron chi connectivity index (χ1n) is 10.8. The third-order valence-electron chi connectivity index (χ3n) is 5.11. The molecule has 0 aliphatic heterocycles. The second kappa shape index (κ2) is 10.4. The summed E-state index contributed by atoms with van der Waals surface area (Å²) in [6.07, 6.45) is 0. The van der Waals surface area contributed by atoms with Crippen LogP contribution in [0.25, 0.3) is 16.9 Å². The van der Waals surface area contributed by atoms with Gasteiger partial charge in [-0.2, -0.15) is 5.10 Å². The van der Waals surface area contributed by atoms with Crippen LogP contribution in [-0.4, -0.2) is 44.3 Å². The number of aromatic nitrogens is 3. The molecule has 0 bridgehead atoms. The summed E-state index contributed by atoms with van der Waals surface area (Å²) >= 11 is 6.35. The van der Waals surface area contributed by atoms with Gasteiger partial charge in [0.05, 0.1) is 28.6 Å². The highest BCUT2D eigenvalue weighted by Crippen LogP contribution is 2.26. The highest BCUT2D eigenvalue weighted by molar-refractivity contribution is 6.34. The highest BCUT2D eigenvalue weighted by atomic mass is 35.5. The van der Waals surface area contributed by atoms with E-state index < -0.39 is 17.9 Å². The van der Waals surface area contributed by atoms with Gasteiger partial charge in [0.1, 0.15) is 11.6 Å². The molecule has 0 radical (unpaired) electrons. The van der Waals surface area contributed by atoms with Gasteiger partial charge in [0.2, 0.25) is 0 Å². The number of nitrogens with zero attached hydrogens (tertiary/aromatic N) is 3. The number of aliphatic hydroxyl groups is 1. The number of aliphatic hydroxyl groups excluding tert-OH is 1. The molecular weight excluding hydrogens is 468 g/mol. The van der Waals surface area contributed by atoms with E-state index in [4.69, 9.17) is 17.3 Å².